The SMILES string of the molecule is CC(=O)N1CCC(NCC2CCCN2)CC1. The van der Waals surface area contributed by atoms with E-state index in [-0.39, 0.29) is 5.91 Å². The van der Waals surface area contributed by atoms with Gasteiger partial charge in [-0.25, -0.2) is 0 Å². The Bertz CT molecular complexity index is 230. The molecule has 2 aliphatic heterocycles. The van der Waals surface area contributed by atoms with Crippen molar-refractivity contribution in [2.24, 2.45) is 0 Å². The number of amides is 1. The summed E-state index contributed by atoms with van der Waals surface area (Å²) in [7, 11) is 0. The molecule has 4 heteroatoms. The summed E-state index contributed by atoms with van der Waals surface area (Å²) >= 11 is 0. The lowest BCUT2D eigenvalue weighted by Crippen LogP contribution is -2.47. The molecule has 1 unspecified atom stereocenters. The summed E-state index contributed by atoms with van der Waals surface area (Å²) in [6.45, 7) is 5.77. The largest absolute Gasteiger partial charge is 0.343 e. The summed E-state index contributed by atoms with van der Waals surface area (Å²) in [5.74, 6) is 0.218. The second-order valence-corrected chi connectivity index (χ2v) is 4.98. The van der Waals surface area contributed by atoms with Crippen LogP contribution in [0, 0.1) is 0 Å². The van der Waals surface area contributed by atoms with Crippen LogP contribution in [0.2, 0.25) is 0 Å². The number of likely N-dealkylation sites (tertiary alicyclic amines) is 1. The van der Waals surface area contributed by atoms with Gasteiger partial charge in [-0.1, -0.05) is 0 Å². The quantitative estimate of drug-likeness (QED) is 0.728. The first kappa shape index (κ1) is 11.9. The molecular formula is C12H23N3O. The molecule has 16 heavy (non-hydrogen) atoms. The van der Waals surface area contributed by atoms with Crippen LogP contribution < -0.4 is 10.6 Å². The zero-order valence-electron chi connectivity index (χ0n) is 10.2. The van der Waals surface area contributed by atoms with Crippen molar-refractivity contribution >= 4 is 5.91 Å². The molecule has 1 atom stereocenters. The monoisotopic (exact) mass is 225 g/mol. The maximum atomic E-state index is 11.2. The van der Waals surface area contributed by atoms with Gasteiger partial charge in [0.05, 0.1) is 0 Å². The van der Waals surface area contributed by atoms with Gasteiger partial charge in [0, 0.05) is 38.6 Å². The fourth-order valence-corrected chi connectivity index (χ4v) is 2.64. The lowest BCUT2D eigenvalue weighted by molar-refractivity contribution is -0.129. The molecule has 0 aromatic heterocycles. The van der Waals surface area contributed by atoms with Gasteiger partial charge in [-0.05, 0) is 32.2 Å². The third kappa shape index (κ3) is 3.19. The Morgan fingerprint density at radius 2 is 2.12 bits per heavy atom. The third-order valence-corrected chi connectivity index (χ3v) is 3.76. The van der Waals surface area contributed by atoms with Gasteiger partial charge in [-0.2, -0.15) is 0 Å². The summed E-state index contributed by atoms with van der Waals surface area (Å²) in [5.41, 5.74) is 0. The zero-order chi connectivity index (χ0) is 11.4. The number of rotatable bonds is 3. The minimum atomic E-state index is 0.218. The fourth-order valence-electron chi connectivity index (χ4n) is 2.64. The second kappa shape index (κ2) is 5.64. The first-order valence-electron chi connectivity index (χ1n) is 6.48. The first-order valence-corrected chi connectivity index (χ1v) is 6.48. The summed E-state index contributed by atoms with van der Waals surface area (Å²) < 4.78 is 0. The minimum Gasteiger partial charge on any atom is -0.343 e. The number of nitrogens with zero attached hydrogens (tertiary/aromatic N) is 1. The molecule has 2 heterocycles. The van der Waals surface area contributed by atoms with Gasteiger partial charge in [-0.15, -0.1) is 0 Å². The summed E-state index contributed by atoms with van der Waals surface area (Å²) in [5, 5.41) is 7.12. The molecule has 2 fully saturated rings. The van der Waals surface area contributed by atoms with Crippen LogP contribution in [0.15, 0.2) is 0 Å². The number of piperidine rings is 1. The lowest BCUT2D eigenvalue weighted by atomic mass is 10.0. The highest BCUT2D eigenvalue weighted by Crippen LogP contribution is 2.11. The van der Waals surface area contributed by atoms with Crippen molar-refractivity contribution in [3.05, 3.63) is 0 Å². The van der Waals surface area contributed by atoms with E-state index in [0.717, 1.165) is 32.5 Å². The van der Waals surface area contributed by atoms with Crippen LogP contribution in [0.5, 0.6) is 0 Å². The van der Waals surface area contributed by atoms with E-state index in [1.165, 1.54) is 19.4 Å². The van der Waals surface area contributed by atoms with E-state index in [2.05, 4.69) is 10.6 Å². The van der Waals surface area contributed by atoms with Crippen molar-refractivity contribution < 1.29 is 4.79 Å². The Kier molecular flexibility index (Phi) is 4.18. The molecule has 4 nitrogen and oxygen atoms in total. The van der Waals surface area contributed by atoms with Crippen molar-refractivity contribution in [2.45, 2.75) is 44.7 Å². The van der Waals surface area contributed by atoms with Crippen molar-refractivity contribution in [1.29, 1.82) is 0 Å². The zero-order valence-corrected chi connectivity index (χ0v) is 10.2. The predicted molar refractivity (Wildman–Crippen MR) is 64.3 cm³/mol. The van der Waals surface area contributed by atoms with Crippen molar-refractivity contribution in [2.75, 3.05) is 26.2 Å². The molecule has 1 amide bonds. The number of carbonyl (C=O) groups excluding carboxylic acids is 1. The van der Waals surface area contributed by atoms with Crippen molar-refractivity contribution in [3.8, 4) is 0 Å². The second-order valence-electron chi connectivity index (χ2n) is 4.98. The molecule has 92 valence electrons. The van der Waals surface area contributed by atoms with Gasteiger partial charge >= 0.3 is 0 Å². The highest BCUT2D eigenvalue weighted by molar-refractivity contribution is 5.73. The average Bonchev–Trinajstić information content (AvgIpc) is 2.80. The van der Waals surface area contributed by atoms with Crippen LogP contribution in [-0.2, 0) is 4.79 Å². The van der Waals surface area contributed by atoms with E-state index in [4.69, 9.17) is 0 Å². The van der Waals surface area contributed by atoms with Crippen LogP contribution >= 0.6 is 0 Å². The van der Waals surface area contributed by atoms with Gasteiger partial charge in [0.25, 0.3) is 0 Å². The standard InChI is InChI=1S/C12H23N3O/c1-10(16)15-7-4-11(5-8-15)14-9-12-3-2-6-13-12/h11-14H,2-9H2,1H3. The highest BCUT2D eigenvalue weighted by Gasteiger charge is 2.21. The van der Waals surface area contributed by atoms with Crippen LogP contribution in [0.3, 0.4) is 0 Å². The molecular weight excluding hydrogens is 202 g/mol. The van der Waals surface area contributed by atoms with Gasteiger partial charge in [0.2, 0.25) is 5.91 Å². The van der Waals surface area contributed by atoms with Crippen LogP contribution in [-0.4, -0.2) is 49.1 Å². The summed E-state index contributed by atoms with van der Waals surface area (Å²) in [6, 6.07) is 1.28. The predicted octanol–water partition coefficient (Wildman–Crippen LogP) is 0.339. The van der Waals surface area contributed by atoms with Crippen LogP contribution in [0.4, 0.5) is 0 Å². The molecule has 0 aromatic carbocycles. The van der Waals surface area contributed by atoms with Gasteiger partial charge in [0.1, 0.15) is 0 Å². The molecule has 2 rings (SSSR count). The van der Waals surface area contributed by atoms with Crippen molar-refractivity contribution in [1.82, 2.24) is 15.5 Å². The summed E-state index contributed by atoms with van der Waals surface area (Å²) in [6.07, 6.45) is 4.83. The van der Waals surface area contributed by atoms with Crippen LogP contribution in [0.25, 0.3) is 0 Å². The van der Waals surface area contributed by atoms with Gasteiger partial charge < -0.3 is 15.5 Å². The molecule has 0 radical (unpaired) electrons. The highest BCUT2D eigenvalue weighted by atomic mass is 16.2. The van der Waals surface area contributed by atoms with Gasteiger partial charge in [0.15, 0.2) is 0 Å². The fraction of sp³-hybridized carbons (Fsp3) is 0.917. The molecule has 0 spiro atoms. The van der Waals surface area contributed by atoms with E-state index in [1.807, 2.05) is 4.90 Å². The molecule has 0 saturated carbocycles. The van der Waals surface area contributed by atoms with E-state index in [9.17, 15) is 4.79 Å². The Balaban J connectivity index is 1.63. The van der Waals surface area contributed by atoms with Gasteiger partial charge in [-0.3, -0.25) is 4.79 Å². The number of nitrogens with one attached hydrogen (secondary N) is 2. The normalized spacial score (nSPS) is 27.3. The number of carbonyl (C=O) groups is 1. The molecule has 0 bridgehead atoms. The first-order chi connectivity index (χ1) is 7.75. The third-order valence-electron chi connectivity index (χ3n) is 3.76. The minimum absolute atomic E-state index is 0.218. The number of hydrogen-bond donors (Lipinski definition) is 2. The summed E-state index contributed by atoms with van der Waals surface area (Å²) in [4.78, 5) is 13.1. The lowest BCUT2D eigenvalue weighted by Gasteiger charge is -2.32. The Morgan fingerprint density at radius 1 is 1.38 bits per heavy atom. The average molecular weight is 225 g/mol. The van der Waals surface area contributed by atoms with E-state index in [0.29, 0.717) is 12.1 Å². The Hall–Kier alpha value is -0.610. The topological polar surface area (TPSA) is 44.4 Å². The molecule has 0 aromatic rings. The number of hydrogen-bond acceptors (Lipinski definition) is 3. The molecule has 2 aliphatic rings. The maximum Gasteiger partial charge on any atom is 0.219 e. The molecule has 2 N–H and O–H groups in total. The van der Waals surface area contributed by atoms with Crippen LogP contribution in [0.1, 0.15) is 32.6 Å². The van der Waals surface area contributed by atoms with E-state index < -0.39 is 0 Å². The molecule has 0 aliphatic carbocycles. The van der Waals surface area contributed by atoms with E-state index >= 15 is 0 Å². The van der Waals surface area contributed by atoms with E-state index in [1.54, 1.807) is 6.92 Å². The smallest absolute Gasteiger partial charge is 0.219 e. The Morgan fingerprint density at radius 3 is 2.69 bits per heavy atom. The molecule has 2 saturated heterocycles. The maximum absolute atomic E-state index is 11.2. The van der Waals surface area contributed by atoms with Crippen molar-refractivity contribution in [3.63, 3.8) is 0 Å². The Labute approximate surface area is 97.8 Å².